The van der Waals surface area contributed by atoms with Gasteiger partial charge in [0.15, 0.2) is 0 Å². The first kappa shape index (κ1) is 32.5. The highest BCUT2D eigenvalue weighted by Gasteiger charge is 2.31. The molecular weight excluding hydrogens is 544 g/mol. The second-order valence-corrected chi connectivity index (χ2v) is 9.96. The molecule has 0 spiro atoms. The van der Waals surface area contributed by atoms with Crippen LogP contribution in [-0.4, -0.2) is 61.2 Å². The van der Waals surface area contributed by atoms with E-state index in [4.69, 9.17) is 4.74 Å². The zero-order valence-corrected chi connectivity index (χ0v) is 25.1. The normalized spacial score (nSPS) is 11.1. The van der Waals surface area contributed by atoms with Crippen LogP contribution in [0.1, 0.15) is 46.1 Å². The second kappa shape index (κ2) is 17.1. The number of aromatic nitrogens is 4. The van der Waals surface area contributed by atoms with Crippen molar-refractivity contribution in [2.24, 2.45) is 0 Å². The minimum Gasteiger partial charge on any atom is -0.459 e. The third-order valence-corrected chi connectivity index (χ3v) is 6.48. The predicted octanol–water partition coefficient (Wildman–Crippen LogP) is 5.40. The second-order valence-electron chi connectivity index (χ2n) is 9.96. The van der Waals surface area contributed by atoms with E-state index in [-0.39, 0.29) is 37.3 Å². The van der Waals surface area contributed by atoms with E-state index in [2.05, 4.69) is 43.5 Å². The van der Waals surface area contributed by atoms with Gasteiger partial charge in [0.2, 0.25) is 11.8 Å². The molecule has 3 heterocycles. The van der Waals surface area contributed by atoms with E-state index in [0.29, 0.717) is 6.54 Å². The lowest BCUT2D eigenvalue weighted by Crippen LogP contribution is -2.49. The largest absolute Gasteiger partial charge is 0.459 e. The Labute approximate surface area is 251 Å². The fraction of sp³-hybridized carbons (Fsp3) is 0.303. The number of nitrogens with zero attached hydrogens (tertiary/aromatic N) is 3. The molecule has 0 fully saturated rings. The van der Waals surface area contributed by atoms with Gasteiger partial charge in [-0.05, 0) is 57.0 Å². The molecule has 5 rings (SSSR count). The first-order valence-corrected chi connectivity index (χ1v) is 14.3. The average molecular weight is 585 g/mol. The SMILES string of the molecule is CCNC(=O)CCC(C(=O)OCc1ccccc1)N(C(C)=O)C(C)C.c1c[nH]cn1.c1cnc2ccc3cc[nH]c3c2c1. The Morgan fingerprint density at radius 3 is 2.40 bits per heavy atom. The third-order valence-electron chi connectivity index (χ3n) is 6.48. The molecular formula is C33H40N6O4. The van der Waals surface area contributed by atoms with Crippen LogP contribution in [0.4, 0.5) is 0 Å². The number of hydrogen-bond acceptors (Lipinski definition) is 6. The van der Waals surface area contributed by atoms with E-state index in [1.807, 2.05) is 75.6 Å². The number of hydrogen-bond donors (Lipinski definition) is 3. The molecule has 43 heavy (non-hydrogen) atoms. The lowest BCUT2D eigenvalue weighted by Gasteiger charge is -2.32. The number of imidazole rings is 1. The van der Waals surface area contributed by atoms with E-state index in [0.717, 1.165) is 11.1 Å². The topological polar surface area (TPSA) is 133 Å². The Hall–Kier alpha value is -4.99. The molecule has 226 valence electrons. The van der Waals surface area contributed by atoms with Crippen molar-refractivity contribution < 1.29 is 19.1 Å². The van der Waals surface area contributed by atoms with Gasteiger partial charge < -0.3 is 24.9 Å². The number of aromatic amines is 2. The van der Waals surface area contributed by atoms with Gasteiger partial charge in [-0.25, -0.2) is 9.78 Å². The molecule has 1 unspecified atom stereocenters. The van der Waals surface area contributed by atoms with Gasteiger partial charge in [0.1, 0.15) is 12.6 Å². The molecule has 0 saturated carbocycles. The molecule has 10 nitrogen and oxygen atoms in total. The summed E-state index contributed by atoms with van der Waals surface area (Å²) < 4.78 is 5.40. The van der Waals surface area contributed by atoms with Crippen LogP contribution >= 0.6 is 0 Å². The van der Waals surface area contributed by atoms with Crippen LogP contribution in [0.15, 0.2) is 91.8 Å². The summed E-state index contributed by atoms with van der Waals surface area (Å²) in [4.78, 5) is 51.7. The van der Waals surface area contributed by atoms with Gasteiger partial charge in [0.25, 0.3) is 0 Å². The maximum Gasteiger partial charge on any atom is 0.329 e. The molecule has 3 aromatic heterocycles. The van der Waals surface area contributed by atoms with Crippen molar-refractivity contribution in [3.63, 3.8) is 0 Å². The van der Waals surface area contributed by atoms with Crippen molar-refractivity contribution >= 4 is 39.6 Å². The molecule has 1 atom stereocenters. The number of rotatable bonds is 9. The molecule has 0 bridgehead atoms. The van der Waals surface area contributed by atoms with Gasteiger partial charge in [-0.15, -0.1) is 0 Å². The van der Waals surface area contributed by atoms with Gasteiger partial charge in [-0.2, -0.15) is 0 Å². The first-order chi connectivity index (χ1) is 20.8. The molecule has 3 N–H and O–H groups in total. The lowest BCUT2D eigenvalue weighted by molar-refractivity contribution is -0.157. The summed E-state index contributed by atoms with van der Waals surface area (Å²) in [5.41, 5.74) is 3.08. The maximum atomic E-state index is 12.6. The van der Waals surface area contributed by atoms with E-state index in [1.165, 1.54) is 28.1 Å². The van der Waals surface area contributed by atoms with Crippen LogP contribution in [0.2, 0.25) is 0 Å². The monoisotopic (exact) mass is 584 g/mol. The van der Waals surface area contributed by atoms with Crippen molar-refractivity contribution in [2.75, 3.05) is 6.54 Å². The van der Waals surface area contributed by atoms with E-state index in [1.54, 1.807) is 18.7 Å². The minimum absolute atomic E-state index is 0.140. The zero-order chi connectivity index (χ0) is 31.0. The van der Waals surface area contributed by atoms with Gasteiger partial charge in [-0.1, -0.05) is 36.4 Å². The van der Waals surface area contributed by atoms with Crippen LogP contribution in [-0.2, 0) is 25.7 Å². The number of fused-ring (bicyclic) bond motifs is 3. The van der Waals surface area contributed by atoms with Crippen LogP contribution < -0.4 is 5.32 Å². The maximum absolute atomic E-state index is 12.6. The van der Waals surface area contributed by atoms with Crippen LogP contribution in [0.5, 0.6) is 0 Å². The molecule has 0 aliphatic carbocycles. The number of esters is 1. The molecule has 2 amide bonds. The number of carbonyl (C=O) groups excluding carboxylic acids is 3. The van der Waals surface area contributed by atoms with Crippen LogP contribution in [0.25, 0.3) is 21.8 Å². The molecule has 10 heteroatoms. The highest BCUT2D eigenvalue weighted by molar-refractivity contribution is 6.03. The summed E-state index contributed by atoms with van der Waals surface area (Å²) in [6.07, 6.45) is 9.25. The van der Waals surface area contributed by atoms with Crippen molar-refractivity contribution in [1.29, 1.82) is 0 Å². The smallest absolute Gasteiger partial charge is 0.329 e. The number of H-pyrrole nitrogens is 2. The van der Waals surface area contributed by atoms with Crippen molar-refractivity contribution in [3.8, 4) is 0 Å². The van der Waals surface area contributed by atoms with Gasteiger partial charge in [0.05, 0.1) is 17.4 Å². The molecule has 0 aliphatic rings. The Morgan fingerprint density at radius 1 is 0.977 bits per heavy atom. The Balaban J connectivity index is 0.000000227. The predicted molar refractivity (Wildman–Crippen MR) is 168 cm³/mol. The fourth-order valence-electron chi connectivity index (χ4n) is 4.59. The van der Waals surface area contributed by atoms with Crippen molar-refractivity contribution in [1.82, 2.24) is 30.2 Å². The number of pyridine rings is 1. The van der Waals surface area contributed by atoms with Gasteiger partial charge in [-0.3, -0.25) is 14.6 Å². The lowest BCUT2D eigenvalue weighted by atomic mass is 10.1. The Bertz CT molecular complexity index is 1530. The summed E-state index contributed by atoms with van der Waals surface area (Å²) in [5.74, 6) is -0.847. The van der Waals surface area contributed by atoms with Crippen LogP contribution in [0.3, 0.4) is 0 Å². The number of benzene rings is 2. The molecule has 0 saturated heterocycles. The Kier molecular flexibility index (Phi) is 12.9. The molecule has 0 aliphatic heterocycles. The summed E-state index contributed by atoms with van der Waals surface area (Å²) in [7, 11) is 0. The summed E-state index contributed by atoms with van der Waals surface area (Å²) in [6, 6.07) is 18.7. The summed E-state index contributed by atoms with van der Waals surface area (Å²) in [5, 5.41) is 5.12. The number of carbonyl (C=O) groups is 3. The third kappa shape index (κ3) is 10.1. The standard InChI is InChI=1S/C19H28N2O4.C11H8N2.C3H4N2/c1-5-20-18(23)12-11-17(21(14(2)3)15(4)22)19(24)25-13-16-9-7-6-8-10-16;1-2-9-10(12-6-1)4-3-8-5-7-13-11(8)9;1-2-5-3-4-1/h6-10,14,17H,5,11-13H2,1-4H3,(H,20,23);1-7,13H;1-3H,(H,4,5). The van der Waals surface area contributed by atoms with Gasteiger partial charge >= 0.3 is 5.97 Å². The minimum atomic E-state index is -0.774. The highest BCUT2D eigenvalue weighted by Crippen LogP contribution is 2.22. The van der Waals surface area contributed by atoms with E-state index >= 15 is 0 Å². The number of amides is 2. The average Bonchev–Trinajstić information content (AvgIpc) is 3.74. The first-order valence-electron chi connectivity index (χ1n) is 14.3. The summed E-state index contributed by atoms with van der Waals surface area (Å²) in [6.45, 7) is 7.60. The highest BCUT2D eigenvalue weighted by atomic mass is 16.5. The molecule has 0 radical (unpaired) electrons. The van der Waals surface area contributed by atoms with Crippen molar-refractivity contribution in [3.05, 3.63) is 97.3 Å². The van der Waals surface area contributed by atoms with Crippen molar-refractivity contribution in [2.45, 2.75) is 59.2 Å². The van der Waals surface area contributed by atoms with E-state index in [9.17, 15) is 14.4 Å². The fourth-order valence-corrected chi connectivity index (χ4v) is 4.59. The van der Waals surface area contributed by atoms with Crippen LogP contribution in [0, 0.1) is 0 Å². The number of nitrogens with one attached hydrogen (secondary N) is 3. The summed E-state index contributed by atoms with van der Waals surface area (Å²) >= 11 is 0. The zero-order valence-electron chi connectivity index (χ0n) is 25.1. The Morgan fingerprint density at radius 2 is 1.77 bits per heavy atom. The quantitative estimate of drug-likeness (QED) is 0.199. The molecule has 2 aromatic carbocycles. The van der Waals surface area contributed by atoms with E-state index < -0.39 is 12.0 Å². The molecule has 5 aromatic rings. The number of ether oxygens (including phenoxy) is 1. The van der Waals surface area contributed by atoms with Gasteiger partial charge in [0, 0.05) is 61.5 Å².